The lowest BCUT2D eigenvalue weighted by atomic mass is 10.1. The molecular formula is C10H15NOS. The van der Waals surface area contributed by atoms with Gasteiger partial charge in [-0.1, -0.05) is 13.8 Å². The van der Waals surface area contributed by atoms with Crippen LogP contribution in [0.25, 0.3) is 0 Å². The molecule has 13 heavy (non-hydrogen) atoms. The van der Waals surface area contributed by atoms with Gasteiger partial charge in [0.2, 0.25) is 0 Å². The van der Waals surface area contributed by atoms with E-state index >= 15 is 0 Å². The number of terminal acetylenes is 1. The minimum absolute atomic E-state index is 0.168. The molecule has 0 aliphatic carbocycles. The first-order valence-corrected chi connectivity index (χ1v) is 5.43. The molecule has 1 rings (SSSR count). The molecular weight excluding hydrogens is 182 g/mol. The zero-order valence-corrected chi connectivity index (χ0v) is 8.99. The molecule has 1 heterocycles. The summed E-state index contributed by atoms with van der Waals surface area (Å²) in [6.07, 6.45) is 6.09. The highest BCUT2D eigenvalue weighted by Gasteiger charge is 2.24. The lowest BCUT2D eigenvalue weighted by molar-refractivity contribution is -0.124. The third-order valence-electron chi connectivity index (χ3n) is 2.25. The summed E-state index contributed by atoms with van der Waals surface area (Å²) >= 11 is 1.91. The molecule has 0 unspecified atom stereocenters. The first-order valence-electron chi connectivity index (χ1n) is 4.45. The van der Waals surface area contributed by atoms with E-state index in [2.05, 4.69) is 19.8 Å². The predicted octanol–water partition coefficient (Wildman–Crippen LogP) is 1.36. The fourth-order valence-corrected chi connectivity index (χ4v) is 2.41. The molecule has 0 atom stereocenters. The lowest BCUT2D eigenvalue weighted by Crippen LogP contribution is -2.32. The van der Waals surface area contributed by atoms with Crippen molar-refractivity contribution in [2.45, 2.75) is 25.0 Å². The molecule has 0 spiro atoms. The smallest absolute Gasteiger partial charge is 0.298 e. The number of nitrogens with zero attached hydrogens (tertiary/aromatic N) is 1. The molecule has 0 aromatic carbocycles. The highest BCUT2D eigenvalue weighted by Crippen LogP contribution is 2.30. The van der Waals surface area contributed by atoms with Crippen LogP contribution >= 0.6 is 11.8 Å². The Kier molecular flexibility index (Phi) is 3.27. The number of rotatable bonds is 0. The second kappa shape index (κ2) is 4.06. The Hall–Kier alpha value is -0.620. The van der Waals surface area contributed by atoms with Crippen LogP contribution in [0.4, 0.5) is 0 Å². The van der Waals surface area contributed by atoms with Gasteiger partial charge in [0.05, 0.1) is 0 Å². The molecule has 1 aliphatic heterocycles. The molecule has 1 amide bonds. The van der Waals surface area contributed by atoms with E-state index in [-0.39, 0.29) is 10.7 Å². The summed E-state index contributed by atoms with van der Waals surface area (Å²) in [4.78, 5) is 13.0. The Bertz CT molecular complexity index is 242. The van der Waals surface area contributed by atoms with Crippen molar-refractivity contribution in [3.63, 3.8) is 0 Å². The molecule has 0 bridgehead atoms. The molecule has 0 aromatic rings. The average Bonchev–Trinajstić information content (AvgIpc) is 2.25. The molecule has 0 N–H and O–H groups in total. The van der Waals surface area contributed by atoms with E-state index in [0.29, 0.717) is 0 Å². The topological polar surface area (TPSA) is 20.3 Å². The van der Waals surface area contributed by atoms with Gasteiger partial charge in [-0.05, 0) is 12.3 Å². The molecule has 1 aliphatic rings. The van der Waals surface area contributed by atoms with Gasteiger partial charge in [0.25, 0.3) is 5.91 Å². The standard InChI is InChI=1S/C10H15NOS/c1-4-9(12)11-6-5-10(2,3)13-8-7-11/h1H,5-8H2,2-3H3. The second-order valence-electron chi connectivity index (χ2n) is 3.79. The lowest BCUT2D eigenvalue weighted by Gasteiger charge is -2.21. The minimum atomic E-state index is -0.168. The zero-order valence-electron chi connectivity index (χ0n) is 8.17. The van der Waals surface area contributed by atoms with Crippen molar-refractivity contribution in [3.05, 3.63) is 0 Å². The number of amides is 1. The highest BCUT2D eigenvalue weighted by atomic mass is 32.2. The van der Waals surface area contributed by atoms with Crippen molar-refractivity contribution in [1.29, 1.82) is 0 Å². The van der Waals surface area contributed by atoms with Gasteiger partial charge in [-0.3, -0.25) is 4.79 Å². The summed E-state index contributed by atoms with van der Waals surface area (Å²) < 4.78 is 0.281. The average molecular weight is 197 g/mol. The van der Waals surface area contributed by atoms with Gasteiger partial charge < -0.3 is 4.90 Å². The largest absolute Gasteiger partial charge is 0.331 e. The van der Waals surface area contributed by atoms with Crippen molar-refractivity contribution in [1.82, 2.24) is 4.90 Å². The number of thioether (sulfide) groups is 1. The van der Waals surface area contributed by atoms with Crippen LogP contribution in [0, 0.1) is 12.3 Å². The van der Waals surface area contributed by atoms with E-state index in [1.807, 2.05) is 11.8 Å². The van der Waals surface area contributed by atoms with Gasteiger partial charge in [0.15, 0.2) is 0 Å². The van der Waals surface area contributed by atoms with Crippen LogP contribution in [-0.4, -0.2) is 34.4 Å². The van der Waals surface area contributed by atoms with Crippen LogP contribution in [0.1, 0.15) is 20.3 Å². The van der Waals surface area contributed by atoms with Gasteiger partial charge in [0, 0.05) is 23.6 Å². The monoisotopic (exact) mass is 197 g/mol. The highest BCUT2D eigenvalue weighted by molar-refractivity contribution is 8.00. The van der Waals surface area contributed by atoms with Crippen molar-refractivity contribution < 1.29 is 4.79 Å². The minimum Gasteiger partial charge on any atom is -0.331 e. The number of carbonyl (C=O) groups excluding carboxylic acids is 1. The van der Waals surface area contributed by atoms with E-state index < -0.39 is 0 Å². The molecule has 0 saturated carbocycles. The van der Waals surface area contributed by atoms with Crippen LogP contribution in [0.3, 0.4) is 0 Å². The third kappa shape index (κ3) is 2.96. The first kappa shape index (κ1) is 10.5. The Morgan fingerprint density at radius 3 is 2.85 bits per heavy atom. The van der Waals surface area contributed by atoms with Gasteiger partial charge in [-0.25, -0.2) is 0 Å². The van der Waals surface area contributed by atoms with E-state index in [1.165, 1.54) is 0 Å². The fourth-order valence-electron chi connectivity index (χ4n) is 1.31. The van der Waals surface area contributed by atoms with E-state index in [0.717, 1.165) is 25.3 Å². The Balaban J connectivity index is 2.56. The normalized spacial score (nSPS) is 21.8. The van der Waals surface area contributed by atoms with Crippen LogP contribution in [0.5, 0.6) is 0 Å². The molecule has 0 radical (unpaired) electrons. The van der Waals surface area contributed by atoms with Gasteiger partial charge in [-0.2, -0.15) is 11.8 Å². The van der Waals surface area contributed by atoms with Crippen LogP contribution in [0.15, 0.2) is 0 Å². The van der Waals surface area contributed by atoms with Crippen molar-refractivity contribution >= 4 is 17.7 Å². The summed E-state index contributed by atoms with van der Waals surface area (Å²) in [6, 6.07) is 0. The molecule has 1 saturated heterocycles. The van der Waals surface area contributed by atoms with Crippen molar-refractivity contribution in [2.75, 3.05) is 18.8 Å². The van der Waals surface area contributed by atoms with E-state index in [4.69, 9.17) is 6.42 Å². The maximum Gasteiger partial charge on any atom is 0.298 e. The number of carbonyl (C=O) groups is 1. The zero-order chi connectivity index (χ0) is 9.90. The molecule has 1 fully saturated rings. The summed E-state index contributed by atoms with van der Waals surface area (Å²) in [5, 5.41) is 0. The number of hydrogen-bond donors (Lipinski definition) is 0. The molecule has 3 heteroatoms. The predicted molar refractivity (Wildman–Crippen MR) is 56.6 cm³/mol. The first-order chi connectivity index (χ1) is 6.05. The van der Waals surface area contributed by atoms with Crippen LogP contribution in [-0.2, 0) is 4.79 Å². The number of hydrogen-bond acceptors (Lipinski definition) is 2. The fraction of sp³-hybridized carbons (Fsp3) is 0.700. The Morgan fingerprint density at radius 2 is 2.23 bits per heavy atom. The van der Waals surface area contributed by atoms with Gasteiger partial charge in [0.1, 0.15) is 0 Å². The summed E-state index contributed by atoms with van der Waals surface area (Å²) in [7, 11) is 0. The quantitative estimate of drug-likeness (QED) is 0.547. The SMILES string of the molecule is C#CC(=O)N1CCSC(C)(C)CC1. The summed E-state index contributed by atoms with van der Waals surface area (Å²) in [6.45, 7) is 6.00. The van der Waals surface area contributed by atoms with E-state index in [9.17, 15) is 4.79 Å². The van der Waals surface area contributed by atoms with E-state index in [1.54, 1.807) is 4.90 Å². The molecule has 2 nitrogen and oxygen atoms in total. The third-order valence-corrected chi connectivity index (χ3v) is 3.62. The van der Waals surface area contributed by atoms with Gasteiger partial charge >= 0.3 is 0 Å². The second-order valence-corrected chi connectivity index (χ2v) is 5.60. The molecule has 72 valence electrons. The van der Waals surface area contributed by atoms with Crippen LogP contribution < -0.4 is 0 Å². The van der Waals surface area contributed by atoms with Crippen LogP contribution in [0.2, 0.25) is 0 Å². The van der Waals surface area contributed by atoms with Gasteiger partial charge in [-0.15, -0.1) is 6.42 Å². The van der Waals surface area contributed by atoms with Crippen molar-refractivity contribution in [3.8, 4) is 12.3 Å². The Labute approximate surface area is 84.1 Å². The van der Waals surface area contributed by atoms with Crippen molar-refractivity contribution in [2.24, 2.45) is 0 Å². The summed E-state index contributed by atoms with van der Waals surface area (Å²) in [5.41, 5.74) is 0. The Morgan fingerprint density at radius 1 is 1.54 bits per heavy atom. The maximum atomic E-state index is 11.2. The maximum absolute atomic E-state index is 11.2. The summed E-state index contributed by atoms with van der Waals surface area (Å²) in [5.74, 6) is 2.99. The molecule has 0 aromatic heterocycles.